The van der Waals surface area contributed by atoms with Crippen LogP contribution in [0.1, 0.15) is 17.4 Å². The van der Waals surface area contributed by atoms with Crippen LogP contribution in [0, 0.1) is 5.82 Å². The highest BCUT2D eigenvalue weighted by molar-refractivity contribution is 6.30. The van der Waals surface area contributed by atoms with E-state index in [0.717, 1.165) is 16.6 Å². The third-order valence-corrected chi connectivity index (χ3v) is 3.68. The van der Waals surface area contributed by atoms with Gasteiger partial charge in [0.1, 0.15) is 5.82 Å². The molecular weight excluding hydrogens is 289 g/mol. The highest BCUT2D eigenvalue weighted by atomic mass is 35.5. The number of nitrogens with zero attached hydrogens (tertiary/aromatic N) is 1. The molecule has 106 valence electrons. The van der Waals surface area contributed by atoms with Gasteiger partial charge >= 0.3 is 0 Å². The molecule has 2 nitrogen and oxygen atoms in total. The highest BCUT2D eigenvalue weighted by Gasteiger charge is 2.12. The van der Waals surface area contributed by atoms with Crippen LogP contribution in [0.5, 0.6) is 0 Å². The van der Waals surface area contributed by atoms with Gasteiger partial charge in [0.05, 0.1) is 16.6 Å². The third kappa shape index (κ3) is 3.04. The fraction of sp³-hybridized carbons (Fsp3) is 0.118. The Balaban J connectivity index is 1.85. The summed E-state index contributed by atoms with van der Waals surface area (Å²) in [6.07, 6.45) is -0.413. The maximum atomic E-state index is 13.1. The minimum atomic E-state index is -0.767. The van der Waals surface area contributed by atoms with Gasteiger partial charge in [-0.15, -0.1) is 0 Å². The summed E-state index contributed by atoms with van der Waals surface area (Å²) in [7, 11) is 0. The first kappa shape index (κ1) is 14.0. The summed E-state index contributed by atoms with van der Waals surface area (Å²) in [6, 6.07) is 15.9. The van der Waals surface area contributed by atoms with Crippen LogP contribution in [-0.2, 0) is 6.42 Å². The van der Waals surface area contributed by atoms with Crippen molar-refractivity contribution in [3.05, 3.63) is 76.7 Å². The molecule has 0 fully saturated rings. The number of para-hydroxylation sites is 1. The molecule has 1 atom stereocenters. The van der Waals surface area contributed by atoms with Gasteiger partial charge in [0.2, 0.25) is 0 Å². The van der Waals surface area contributed by atoms with Gasteiger partial charge < -0.3 is 5.11 Å². The van der Waals surface area contributed by atoms with E-state index in [1.54, 1.807) is 0 Å². The predicted octanol–water partition coefficient (Wildman–Crippen LogP) is 4.30. The van der Waals surface area contributed by atoms with Crippen LogP contribution in [0.2, 0.25) is 5.02 Å². The standard InChI is InChI=1S/C17H13ClFNO/c18-14-9-12(6-8-15(14)19)17(21)10-13-7-5-11-3-1-2-4-16(11)20-13/h1-9,17,21H,10H2. The van der Waals surface area contributed by atoms with E-state index in [0.29, 0.717) is 12.0 Å². The lowest BCUT2D eigenvalue weighted by Gasteiger charge is -2.11. The normalized spacial score (nSPS) is 12.5. The zero-order valence-corrected chi connectivity index (χ0v) is 11.9. The Morgan fingerprint density at radius 2 is 1.90 bits per heavy atom. The quantitative estimate of drug-likeness (QED) is 0.782. The predicted molar refractivity (Wildman–Crippen MR) is 81.8 cm³/mol. The van der Waals surface area contributed by atoms with Crippen LogP contribution >= 0.6 is 11.6 Å². The number of aromatic nitrogens is 1. The van der Waals surface area contributed by atoms with Crippen molar-refractivity contribution in [1.29, 1.82) is 0 Å². The van der Waals surface area contributed by atoms with Gasteiger partial charge in [-0.1, -0.05) is 41.9 Å². The number of pyridine rings is 1. The van der Waals surface area contributed by atoms with Crippen LogP contribution in [0.25, 0.3) is 10.9 Å². The fourth-order valence-corrected chi connectivity index (χ4v) is 2.45. The molecule has 1 aromatic heterocycles. The van der Waals surface area contributed by atoms with Crippen molar-refractivity contribution in [3.8, 4) is 0 Å². The Bertz CT molecular complexity index is 791. The monoisotopic (exact) mass is 301 g/mol. The molecule has 21 heavy (non-hydrogen) atoms. The molecule has 1 heterocycles. The van der Waals surface area contributed by atoms with Crippen molar-refractivity contribution in [2.24, 2.45) is 0 Å². The summed E-state index contributed by atoms with van der Waals surface area (Å²) in [5.41, 5.74) is 2.25. The van der Waals surface area contributed by atoms with Gasteiger partial charge in [-0.25, -0.2) is 4.39 Å². The molecule has 0 aliphatic heterocycles. The van der Waals surface area contributed by atoms with E-state index >= 15 is 0 Å². The average Bonchev–Trinajstić information content (AvgIpc) is 2.50. The number of benzene rings is 2. The Morgan fingerprint density at radius 3 is 2.71 bits per heavy atom. The number of hydrogen-bond acceptors (Lipinski definition) is 2. The smallest absolute Gasteiger partial charge is 0.141 e. The van der Waals surface area contributed by atoms with Gasteiger partial charge in [0.15, 0.2) is 0 Å². The van der Waals surface area contributed by atoms with Gasteiger partial charge in [0, 0.05) is 17.5 Å². The minimum absolute atomic E-state index is 0.0121. The fourth-order valence-electron chi connectivity index (χ4n) is 2.26. The lowest BCUT2D eigenvalue weighted by Crippen LogP contribution is -2.04. The summed E-state index contributed by atoms with van der Waals surface area (Å²) in [5, 5.41) is 11.3. The highest BCUT2D eigenvalue weighted by Crippen LogP contribution is 2.23. The molecule has 1 N–H and O–H groups in total. The Hall–Kier alpha value is -1.97. The molecule has 0 spiro atoms. The van der Waals surface area contributed by atoms with Crippen LogP contribution in [0.15, 0.2) is 54.6 Å². The number of rotatable bonds is 3. The first-order valence-corrected chi connectivity index (χ1v) is 6.99. The summed E-state index contributed by atoms with van der Waals surface area (Å²) < 4.78 is 13.1. The van der Waals surface area contributed by atoms with Crippen molar-refractivity contribution in [2.45, 2.75) is 12.5 Å². The maximum absolute atomic E-state index is 13.1. The van der Waals surface area contributed by atoms with Gasteiger partial charge in [-0.05, 0) is 29.8 Å². The van der Waals surface area contributed by atoms with E-state index in [-0.39, 0.29) is 5.02 Å². The number of aliphatic hydroxyl groups excluding tert-OH is 1. The molecule has 0 radical (unpaired) electrons. The molecule has 0 aliphatic carbocycles. The van der Waals surface area contributed by atoms with Gasteiger partial charge in [-0.2, -0.15) is 0 Å². The van der Waals surface area contributed by atoms with E-state index in [9.17, 15) is 9.50 Å². The second-order valence-electron chi connectivity index (χ2n) is 4.89. The van der Waals surface area contributed by atoms with Gasteiger partial charge in [0.25, 0.3) is 0 Å². The van der Waals surface area contributed by atoms with Crippen molar-refractivity contribution in [2.75, 3.05) is 0 Å². The summed E-state index contributed by atoms with van der Waals surface area (Å²) in [6.45, 7) is 0. The molecule has 0 bridgehead atoms. The van der Waals surface area contributed by atoms with E-state index in [1.165, 1.54) is 18.2 Å². The maximum Gasteiger partial charge on any atom is 0.141 e. The lowest BCUT2D eigenvalue weighted by atomic mass is 10.0. The third-order valence-electron chi connectivity index (χ3n) is 3.39. The van der Waals surface area contributed by atoms with Crippen molar-refractivity contribution >= 4 is 22.5 Å². The molecule has 2 aromatic carbocycles. The number of hydrogen-bond donors (Lipinski definition) is 1. The zero-order valence-electron chi connectivity index (χ0n) is 11.1. The zero-order chi connectivity index (χ0) is 14.8. The molecule has 0 amide bonds. The molecule has 0 saturated carbocycles. The van der Waals surface area contributed by atoms with Crippen molar-refractivity contribution in [1.82, 2.24) is 4.98 Å². The topological polar surface area (TPSA) is 33.1 Å². The van der Waals surface area contributed by atoms with Crippen LogP contribution in [0.4, 0.5) is 4.39 Å². The van der Waals surface area contributed by atoms with E-state index < -0.39 is 11.9 Å². The van der Waals surface area contributed by atoms with E-state index in [1.807, 2.05) is 36.4 Å². The molecular formula is C17H13ClFNO. The van der Waals surface area contributed by atoms with Crippen molar-refractivity contribution in [3.63, 3.8) is 0 Å². The van der Waals surface area contributed by atoms with Crippen molar-refractivity contribution < 1.29 is 9.50 Å². The van der Waals surface area contributed by atoms with E-state index in [4.69, 9.17) is 11.6 Å². The van der Waals surface area contributed by atoms with Gasteiger partial charge in [-0.3, -0.25) is 4.98 Å². The summed E-state index contributed by atoms with van der Waals surface area (Å²) in [5.74, 6) is -0.489. The number of halogens is 2. The van der Waals surface area contributed by atoms with E-state index in [2.05, 4.69) is 4.98 Å². The second kappa shape index (κ2) is 5.80. The van der Waals surface area contributed by atoms with Crippen LogP contribution < -0.4 is 0 Å². The minimum Gasteiger partial charge on any atom is -0.388 e. The van der Waals surface area contributed by atoms with Crippen LogP contribution in [-0.4, -0.2) is 10.1 Å². The molecule has 4 heteroatoms. The summed E-state index contributed by atoms with van der Waals surface area (Å²) >= 11 is 5.74. The Morgan fingerprint density at radius 1 is 1.10 bits per heavy atom. The molecule has 0 saturated heterocycles. The lowest BCUT2D eigenvalue weighted by molar-refractivity contribution is 0.177. The molecule has 3 rings (SSSR count). The Labute approximate surface area is 126 Å². The van der Waals surface area contributed by atoms with Crippen LogP contribution in [0.3, 0.4) is 0 Å². The summed E-state index contributed by atoms with van der Waals surface area (Å²) in [4.78, 5) is 4.51. The molecule has 3 aromatic rings. The number of fused-ring (bicyclic) bond motifs is 1. The number of aliphatic hydroxyl groups is 1. The average molecular weight is 302 g/mol. The SMILES string of the molecule is OC(Cc1ccc2ccccc2n1)c1ccc(F)c(Cl)c1. The molecule has 1 unspecified atom stereocenters. The first-order chi connectivity index (χ1) is 10.1. The Kier molecular flexibility index (Phi) is 3.86. The molecule has 0 aliphatic rings. The first-order valence-electron chi connectivity index (χ1n) is 6.61. The largest absolute Gasteiger partial charge is 0.388 e. The second-order valence-corrected chi connectivity index (χ2v) is 5.30.